The molecule has 3 amide bonds. The molecule has 1 aliphatic heterocycles. The normalized spacial score (nSPS) is 17.2. The zero-order chi connectivity index (χ0) is 25.3. The van der Waals surface area contributed by atoms with E-state index < -0.39 is 30.0 Å². The van der Waals surface area contributed by atoms with E-state index in [1.807, 2.05) is 38.1 Å². The number of carbonyl (C=O) groups is 4. The number of nitrogens with one attached hydrogen (secondary N) is 1. The van der Waals surface area contributed by atoms with Gasteiger partial charge in [0.25, 0.3) is 0 Å². The first-order valence-corrected chi connectivity index (χ1v) is 11.7. The maximum atomic E-state index is 13.4. The van der Waals surface area contributed by atoms with Crippen LogP contribution in [0.3, 0.4) is 0 Å². The summed E-state index contributed by atoms with van der Waals surface area (Å²) in [6.07, 6.45) is 3.77. The van der Waals surface area contributed by atoms with Crippen molar-refractivity contribution in [2.24, 2.45) is 17.4 Å². The van der Waals surface area contributed by atoms with Gasteiger partial charge in [-0.25, -0.2) is 4.79 Å². The van der Waals surface area contributed by atoms with Gasteiger partial charge in [0, 0.05) is 31.5 Å². The Kier molecular flexibility index (Phi) is 10.2. The Balaban J connectivity index is 2.26. The Morgan fingerprint density at radius 3 is 2.50 bits per heavy atom. The number of amides is 3. The molecule has 1 heterocycles. The highest BCUT2D eigenvalue weighted by molar-refractivity contribution is 5.91. The fourth-order valence-electron chi connectivity index (χ4n) is 3.99. The van der Waals surface area contributed by atoms with Crippen molar-refractivity contribution < 1.29 is 23.9 Å². The number of fused-ring (bicyclic) bond motifs is 1. The lowest BCUT2D eigenvalue weighted by molar-refractivity contribution is -0.143. The Morgan fingerprint density at radius 1 is 1.21 bits per heavy atom. The van der Waals surface area contributed by atoms with Gasteiger partial charge in [-0.1, -0.05) is 44.2 Å². The number of hydrogen-bond donors (Lipinski definition) is 3. The maximum Gasteiger partial charge on any atom is 0.330 e. The third kappa shape index (κ3) is 7.98. The van der Waals surface area contributed by atoms with E-state index >= 15 is 0 Å². The first-order valence-electron chi connectivity index (χ1n) is 11.7. The summed E-state index contributed by atoms with van der Waals surface area (Å²) in [5, 5.41) is 2.86. The minimum atomic E-state index is -0.771. The van der Waals surface area contributed by atoms with Crippen LogP contribution < -0.4 is 16.8 Å². The molecular formula is C25H36N4O5. The fourth-order valence-corrected chi connectivity index (χ4v) is 3.99. The summed E-state index contributed by atoms with van der Waals surface area (Å²) in [5.41, 5.74) is 13.4. The number of nitrogens with zero attached hydrogens (tertiary/aromatic N) is 1. The quantitative estimate of drug-likeness (QED) is 0.326. The molecule has 34 heavy (non-hydrogen) atoms. The lowest BCUT2D eigenvalue weighted by Crippen LogP contribution is -2.57. The van der Waals surface area contributed by atoms with E-state index in [9.17, 15) is 19.2 Å². The third-order valence-electron chi connectivity index (χ3n) is 5.66. The van der Waals surface area contributed by atoms with E-state index in [1.54, 1.807) is 6.92 Å². The van der Waals surface area contributed by atoms with E-state index in [4.69, 9.17) is 16.2 Å². The number of esters is 1. The van der Waals surface area contributed by atoms with Gasteiger partial charge in [-0.3, -0.25) is 14.4 Å². The monoisotopic (exact) mass is 472 g/mol. The van der Waals surface area contributed by atoms with Gasteiger partial charge in [0.2, 0.25) is 17.7 Å². The Hall–Kier alpha value is -3.20. The maximum absolute atomic E-state index is 13.4. The minimum Gasteiger partial charge on any atom is -0.463 e. The van der Waals surface area contributed by atoms with Crippen molar-refractivity contribution in [3.8, 4) is 0 Å². The van der Waals surface area contributed by atoms with Crippen LogP contribution in [0.4, 0.5) is 0 Å². The molecule has 0 saturated heterocycles. The molecule has 0 bridgehead atoms. The average molecular weight is 473 g/mol. The highest BCUT2D eigenvalue weighted by atomic mass is 16.5. The van der Waals surface area contributed by atoms with Gasteiger partial charge in [-0.15, -0.1) is 0 Å². The molecule has 3 atom stereocenters. The van der Waals surface area contributed by atoms with Gasteiger partial charge in [-0.2, -0.15) is 0 Å². The van der Waals surface area contributed by atoms with Gasteiger partial charge in [-0.05, 0) is 36.8 Å². The third-order valence-corrected chi connectivity index (χ3v) is 5.66. The molecule has 0 aromatic heterocycles. The number of ether oxygens (including phenoxy) is 1. The van der Waals surface area contributed by atoms with Crippen molar-refractivity contribution in [1.82, 2.24) is 10.2 Å². The van der Waals surface area contributed by atoms with Gasteiger partial charge >= 0.3 is 5.97 Å². The number of benzene rings is 1. The SMILES string of the molecule is CCOC(=O)/C=C/[C@H](CCC(N)=O)NC(=O)[C@@H]1Cc2ccccc2CN1C(=O)[C@@H](N)CC(C)C. The van der Waals surface area contributed by atoms with Crippen LogP contribution in [0.5, 0.6) is 0 Å². The summed E-state index contributed by atoms with van der Waals surface area (Å²) in [5.74, 6) is -1.51. The summed E-state index contributed by atoms with van der Waals surface area (Å²) in [7, 11) is 0. The zero-order valence-electron chi connectivity index (χ0n) is 20.2. The van der Waals surface area contributed by atoms with E-state index in [1.165, 1.54) is 17.1 Å². The van der Waals surface area contributed by atoms with Crippen molar-refractivity contribution >= 4 is 23.7 Å². The standard InChI is InChI=1S/C25H36N4O5/c1-4-34-23(31)12-10-19(9-11-22(27)30)28-24(32)21-14-17-7-5-6-8-18(17)15-29(21)25(33)20(26)13-16(2)3/h5-8,10,12,16,19-21H,4,9,11,13-15,26H2,1-3H3,(H2,27,30)(H,28,32)/b12-10+/t19-,20-,21-/m0/s1. The zero-order valence-corrected chi connectivity index (χ0v) is 20.2. The van der Waals surface area contributed by atoms with E-state index in [0.29, 0.717) is 12.8 Å². The van der Waals surface area contributed by atoms with E-state index in [0.717, 1.165) is 11.1 Å². The second kappa shape index (κ2) is 12.9. The lowest BCUT2D eigenvalue weighted by atomic mass is 9.92. The molecule has 0 spiro atoms. The number of carbonyl (C=O) groups excluding carboxylic acids is 4. The molecule has 9 nitrogen and oxygen atoms in total. The highest BCUT2D eigenvalue weighted by Gasteiger charge is 2.37. The van der Waals surface area contributed by atoms with Crippen LogP contribution in [-0.2, 0) is 36.9 Å². The minimum absolute atomic E-state index is 0.0213. The molecule has 186 valence electrons. The number of primary amides is 1. The predicted molar refractivity (Wildman–Crippen MR) is 128 cm³/mol. The van der Waals surface area contributed by atoms with Crippen molar-refractivity contribution in [3.05, 3.63) is 47.5 Å². The lowest BCUT2D eigenvalue weighted by Gasteiger charge is -2.38. The number of hydrogen-bond acceptors (Lipinski definition) is 6. The largest absolute Gasteiger partial charge is 0.463 e. The molecule has 0 saturated carbocycles. The van der Waals surface area contributed by atoms with Crippen molar-refractivity contribution in [3.63, 3.8) is 0 Å². The van der Waals surface area contributed by atoms with Crippen LogP contribution in [0.15, 0.2) is 36.4 Å². The Labute approximate surface area is 200 Å². The summed E-state index contributed by atoms with van der Waals surface area (Å²) >= 11 is 0. The second-order valence-corrected chi connectivity index (χ2v) is 8.92. The Morgan fingerprint density at radius 2 is 1.88 bits per heavy atom. The molecule has 0 unspecified atom stereocenters. The highest BCUT2D eigenvalue weighted by Crippen LogP contribution is 2.25. The van der Waals surface area contributed by atoms with Gasteiger partial charge in [0.05, 0.1) is 12.6 Å². The van der Waals surface area contributed by atoms with Gasteiger partial charge < -0.3 is 26.4 Å². The molecule has 0 aliphatic carbocycles. The van der Waals surface area contributed by atoms with Gasteiger partial charge in [0.1, 0.15) is 6.04 Å². The van der Waals surface area contributed by atoms with Crippen LogP contribution >= 0.6 is 0 Å². The van der Waals surface area contributed by atoms with E-state index in [-0.39, 0.29) is 43.7 Å². The summed E-state index contributed by atoms with van der Waals surface area (Å²) in [4.78, 5) is 51.2. The van der Waals surface area contributed by atoms with Crippen LogP contribution in [0.2, 0.25) is 0 Å². The smallest absolute Gasteiger partial charge is 0.330 e. The average Bonchev–Trinajstić information content (AvgIpc) is 2.78. The fraction of sp³-hybridized carbons (Fsp3) is 0.520. The first kappa shape index (κ1) is 27.0. The number of nitrogens with two attached hydrogens (primary N) is 2. The summed E-state index contributed by atoms with van der Waals surface area (Å²) in [6, 6.07) is 5.56. The van der Waals surface area contributed by atoms with Crippen molar-refractivity contribution in [2.75, 3.05) is 6.61 Å². The van der Waals surface area contributed by atoms with Crippen LogP contribution in [-0.4, -0.2) is 53.3 Å². The van der Waals surface area contributed by atoms with Gasteiger partial charge in [0.15, 0.2) is 0 Å². The molecular weight excluding hydrogens is 436 g/mol. The van der Waals surface area contributed by atoms with Crippen molar-refractivity contribution in [1.29, 1.82) is 0 Å². The Bertz CT molecular complexity index is 914. The number of rotatable bonds is 11. The van der Waals surface area contributed by atoms with Crippen LogP contribution in [0.1, 0.15) is 51.2 Å². The predicted octanol–water partition coefficient (Wildman–Crippen LogP) is 1.18. The topological polar surface area (TPSA) is 145 Å². The first-order chi connectivity index (χ1) is 16.1. The molecule has 1 aliphatic rings. The molecule has 9 heteroatoms. The summed E-state index contributed by atoms with van der Waals surface area (Å²) < 4.78 is 4.89. The molecule has 1 aromatic rings. The second-order valence-electron chi connectivity index (χ2n) is 8.92. The van der Waals surface area contributed by atoms with E-state index in [2.05, 4.69) is 5.32 Å². The molecule has 1 aromatic carbocycles. The van der Waals surface area contributed by atoms with Crippen LogP contribution in [0.25, 0.3) is 0 Å². The van der Waals surface area contributed by atoms with Crippen LogP contribution in [0, 0.1) is 5.92 Å². The molecule has 0 radical (unpaired) electrons. The van der Waals surface area contributed by atoms with Crippen molar-refractivity contribution in [2.45, 2.75) is 71.1 Å². The molecule has 5 N–H and O–H groups in total. The molecule has 2 rings (SSSR count). The molecule has 0 fully saturated rings. The summed E-state index contributed by atoms with van der Waals surface area (Å²) in [6.45, 7) is 6.17.